The van der Waals surface area contributed by atoms with Crippen LogP contribution in [-0.4, -0.2) is 55.2 Å². The van der Waals surface area contributed by atoms with Crippen LogP contribution in [0.1, 0.15) is 18.7 Å². The van der Waals surface area contributed by atoms with E-state index < -0.39 is 0 Å². The number of piperidine rings is 1. The third kappa shape index (κ3) is 4.04. The van der Waals surface area contributed by atoms with Crippen molar-refractivity contribution in [1.82, 2.24) is 14.9 Å². The minimum Gasteiger partial charge on any atom is -0.377 e. The number of nitrogens with one attached hydrogen (secondary N) is 2. The number of methoxy groups -OCH3 is 1. The number of hydrogen-bond donors (Lipinski definition) is 2. The molecule has 1 saturated heterocycles. The van der Waals surface area contributed by atoms with Crippen LogP contribution in [0.4, 0.5) is 11.6 Å². The molecule has 2 N–H and O–H groups in total. The molecule has 1 aliphatic heterocycles. The van der Waals surface area contributed by atoms with Gasteiger partial charge in [0, 0.05) is 32.8 Å². The SMILES string of the molecule is CNc1cc(NC2CCCN(C)C2)nc(COC)n1. The summed E-state index contributed by atoms with van der Waals surface area (Å²) in [5.41, 5.74) is 0. The molecule has 1 aliphatic rings. The summed E-state index contributed by atoms with van der Waals surface area (Å²) in [6, 6.07) is 2.39. The van der Waals surface area contributed by atoms with E-state index in [4.69, 9.17) is 4.74 Å². The minimum absolute atomic E-state index is 0.425. The normalized spacial score (nSPS) is 20.3. The van der Waals surface area contributed by atoms with Gasteiger partial charge in [-0.05, 0) is 26.4 Å². The standard InChI is InChI=1S/C13H23N5O/c1-14-11-7-12(17-13(16-11)9-19-3)15-10-5-4-6-18(2)8-10/h7,10H,4-6,8-9H2,1-3H3,(H2,14,15,16,17). The average Bonchev–Trinajstić information content (AvgIpc) is 2.39. The van der Waals surface area contributed by atoms with Crippen molar-refractivity contribution in [2.45, 2.75) is 25.5 Å². The molecule has 0 amide bonds. The van der Waals surface area contributed by atoms with Crippen LogP contribution in [0.3, 0.4) is 0 Å². The lowest BCUT2D eigenvalue weighted by molar-refractivity contribution is 0.178. The van der Waals surface area contributed by atoms with Gasteiger partial charge >= 0.3 is 0 Å². The van der Waals surface area contributed by atoms with Gasteiger partial charge in [-0.15, -0.1) is 0 Å². The van der Waals surface area contributed by atoms with Gasteiger partial charge in [-0.1, -0.05) is 0 Å². The van der Waals surface area contributed by atoms with E-state index in [1.807, 2.05) is 13.1 Å². The number of likely N-dealkylation sites (N-methyl/N-ethyl adjacent to an activating group) is 1. The Hall–Kier alpha value is -1.40. The maximum absolute atomic E-state index is 5.10. The summed E-state index contributed by atoms with van der Waals surface area (Å²) in [6.45, 7) is 2.66. The van der Waals surface area contributed by atoms with Crippen molar-refractivity contribution in [3.05, 3.63) is 11.9 Å². The monoisotopic (exact) mass is 265 g/mol. The number of rotatable bonds is 5. The largest absolute Gasteiger partial charge is 0.377 e. The third-order valence-corrected chi connectivity index (χ3v) is 3.28. The highest BCUT2D eigenvalue weighted by molar-refractivity contribution is 5.47. The summed E-state index contributed by atoms with van der Waals surface area (Å²) in [7, 11) is 5.67. The van der Waals surface area contributed by atoms with E-state index in [1.165, 1.54) is 19.4 Å². The van der Waals surface area contributed by atoms with Gasteiger partial charge < -0.3 is 20.3 Å². The Kier molecular flexibility index (Phi) is 4.93. The third-order valence-electron chi connectivity index (χ3n) is 3.28. The fourth-order valence-electron chi connectivity index (χ4n) is 2.39. The first-order valence-electron chi connectivity index (χ1n) is 6.71. The summed E-state index contributed by atoms with van der Waals surface area (Å²) < 4.78 is 5.10. The molecule has 0 radical (unpaired) electrons. The Morgan fingerprint density at radius 3 is 2.89 bits per heavy atom. The molecular formula is C13H23N5O. The van der Waals surface area contributed by atoms with E-state index in [0.717, 1.165) is 18.2 Å². The van der Waals surface area contributed by atoms with Gasteiger partial charge in [0.05, 0.1) is 0 Å². The summed E-state index contributed by atoms with van der Waals surface area (Å²) in [6.07, 6.45) is 2.41. The quantitative estimate of drug-likeness (QED) is 0.833. The minimum atomic E-state index is 0.425. The van der Waals surface area contributed by atoms with E-state index in [9.17, 15) is 0 Å². The molecule has 1 aromatic rings. The average molecular weight is 265 g/mol. The van der Waals surface area contributed by atoms with Crippen molar-refractivity contribution in [1.29, 1.82) is 0 Å². The Morgan fingerprint density at radius 2 is 2.21 bits per heavy atom. The van der Waals surface area contributed by atoms with E-state index in [0.29, 0.717) is 18.5 Å². The summed E-state index contributed by atoms with van der Waals surface area (Å²) >= 11 is 0. The lowest BCUT2D eigenvalue weighted by atomic mass is 10.1. The topological polar surface area (TPSA) is 62.3 Å². The van der Waals surface area contributed by atoms with Crippen LogP contribution in [0.15, 0.2) is 6.07 Å². The number of ether oxygens (including phenoxy) is 1. The molecule has 6 nitrogen and oxygen atoms in total. The smallest absolute Gasteiger partial charge is 0.158 e. The maximum Gasteiger partial charge on any atom is 0.158 e. The summed E-state index contributed by atoms with van der Waals surface area (Å²) in [4.78, 5) is 11.2. The van der Waals surface area contributed by atoms with Crippen LogP contribution >= 0.6 is 0 Å². The molecule has 2 heterocycles. The van der Waals surface area contributed by atoms with Crippen molar-refractivity contribution in [3.8, 4) is 0 Å². The molecule has 0 saturated carbocycles. The first kappa shape index (κ1) is 14.0. The Balaban J connectivity index is 2.07. The zero-order chi connectivity index (χ0) is 13.7. The van der Waals surface area contributed by atoms with Crippen LogP contribution in [-0.2, 0) is 11.3 Å². The van der Waals surface area contributed by atoms with Crippen molar-refractivity contribution in [2.75, 3.05) is 44.9 Å². The zero-order valence-corrected chi connectivity index (χ0v) is 11.9. The summed E-state index contributed by atoms with van der Waals surface area (Å²) in [5, 5.41) is 6.55. The predicted octanol–water partition coefficient (Wildman–Crippen LogP) is 1.17. The fraction of sp³-hybridized carbons (Fsp3) is 0.692. The molecule has 0 aromatic carbocycles. The van der Waals surface area contributed by atoms with E-state index in [2.05, 4.69) is 32.5 Å². The van der Waals surface area contributed by atoms with Crippen LogP contribution in [0.25, 0.3) is 0 Å². The van der Waals surface area contributed by atoms with Crippen LogP contribution in [0.2, 0.25) is 0 Å². The maximum atomic E-state index is 5.10. The Morgan fingerprint density at radius 1 is 1.42 bits per heavy atom. The second-order valence-corrected chi connectivity index (χ2v) is 4.98. The molecule has 6 heteroatoms. The number of nitrogens with zero attached hydrogens (tertiary/aromatic N) is 3. The first-order chi connectivity index (χ1) is 9.21. The second kappa shape index (κ2) is 6.68. The van der Waals surface area contributed by atoms with E-state index in [-0.39, 0.29) is 0 Å². The van der Waals surface area contributed by atoms with Crippen LogP contribution in [0.5, 0.6) is 0 Å². The predicted molar refractivity (Wildman–Crippen MR) is 76.4 cm³/mol. The highest BCUT2D eigenvalue weighted by atomic mass is 16.5. The van der Waals surface area contributed by atoms with Crippen LogP contribution in [0, 0.1) is 0 Å². The zero-order valence-electron chi connectivity index (χ0n) is 11.9. The molecule has 2 rings (SSSR count). The molecule has 0 aliphatic carbocycles. The molecule has 19 heavy (non-hydrogen) atoms. The van der Waals surface area contributed by atoms with Crippen molar-refractivity contribution < 1.29 is 4.74 Å². The molecular weight excluding hydrogens is 242 g/mol. The Bertz CT molecular complexity index is 412. The van der Waals surface area contributed by atoms with Gasteiger partial charge in [-0.3, -0.25) is 0 Å². The van der Waals surface area contributed by atoms with Gasteiger partial charge in [-0.2, -0.15) is 0 Å². The lowest BCUT2D eigenvalue weighted by Crippen LogP contribution is -2.40. The number of likely N-dealkylation sites (tertiary alicyclic amines) is 1. The molecule has 0 spiro atoms. The van der Waals surface area contributed by atoms with Crippen molar-refractivity contribution in [3.63, 3.8) is 0 Å². The fourth-order valence-corrected chi connectivity index (χ4v) is 2.39. The summed E-state index contributed by atoms with van der Waals surface area (Å²) in [5.74, 6) is 2.38. The molecule has 1 aromatic heterocycles. The molecule has 0 bridgehead atoms. The lowest BCUT2D eigenvalue weighted by Gasteiger charge is -2.30. The number of anilines is 2. The number of aromatic nitrogens is 2. The molecule has 106 valence electrons. The number of hydrogen-bond acceptors (Lipinski definition) is 6. The van der Waals surface area contributed by atoms with Crippen molar-refractivity contribution >= 4 is 11.6 Å². The van der Waals surface area contributed by atoms with Gasteiger partial charge in [0.2, 0.25) is 0 Å². The highest BCUT2D eigenvalue weighted by Crippen LogP contribution is 2.16. The Labute approximate surface area is 114 Å². The van der Waals surface area contributed by atoms with E-state index >= 15 is 0 Å². The van der Waals surface area contributed by atoms with E-state index in [1.54, 1.807) is 7.11 Å². The molecule has 1 unspecified atom stereocenters. The van der Waals surface area contributed by atoms with Crippen LogP contribution < -0.4 is 10.6 Å². The van der Waals surface area contributed by atoms with Gasteiger partial charge in [0.25, 0.3) is 0 Å². The van der Waals surface area contributed by atoms with Crippen molar-refractivity contribution in [2.24, 2.45) is 0 Å². The van der Waals surface area contributed by atoms with Gasteiger partial charge in [0.1, 0.15) is 18.2 Å². The highest BCUT2D eigenvalue weighted by Gasteiger charge is 2.17. The molecule has 1 atom stereocenters. The van der Waals surface area contributed by atoms with Gasteiger partial charge in [0.15, 0.2) is 5.82 Å². The van der Waals surface area contributed by atoms with Gasteiger partial charge in [-0.25, -0.2) is 9.97 Å². The second-order valence-electron chi connectivity index (χ2n) is 4.98. The first-order valence-corrected chi connectivity index (χ1v) is 6.71. The molecule has 1 fully saturated rings.